The zero-order valence-electron chi connectivity index (χ0n) is 11.4. The van der Waals surface area contributed by atoms with Gasteiger partial charge in [-0.3, -0.25) is 9.52 Å². The molecule has 1 amide bonds. The van der Waals surface area contributed by atoms with Gasteiger partial charge in [0.15, 0.2) is 0 Å². The average Bonchev–Trinajstić information content (AvgIpc) is 2.49. The Morgan fingerprint density at radius 3 is 2.27 bits per heavy atom. The molecule has 0 saturated heterocycles. The molecule has 0 spiro atoms. The number of hydrogen-bond donors (Lipinski definition) is 2. The molecule has 2 rings (SSSR count). The molecule has 2 aromatic rings. The minimum Gasteiger partial charge on any atom is -0.355 e. The molecule has 2 N–H and O–H groups in total. The molecule has 0 fully saturated rings. The van der Waals surface area contributed by atoms with Crippen molar-refractivity contribution in [2.45, 2.75) is 4.90 Å². The second-order valence-electron chi connectivity index (χ2n) is 4.34. The second-order valence-corrected chi connectivity index (χ2v) is 5.99. The molecule has 0 aliphatic heterocycles. The Balaban J connectivity index is 2.29. The van der Waals surface area contributed by atoms with Crippen LogP contribution in [0.25, 0.3) is 0 Å². The van der Waals surface area contributed by atoms with E-state index in [2.05, 4.69) is 10.0 Å². The number of halogens is 2. The van der Waals surface area contributed by atoms with E-state index in [0.29, 0.717) is 11.6 Å². The van der Waals surface area contributed by atoms with Gasteiger partial charge in [-0.2, -0.15) is 0 Å². The molecule has 0 bridgehead atoms. The van der Waals surface area contributed by atoms with E-state index in [1.165, 1.54) is 31.3 Å². The molecule has 8 heteroatoms. The normalized spacial score (nSPS) is 11.0. The summed E-state index contributed by atoms with van der Waals surface area (Å²) in [7, 11) is -2.81. The lowest BCUT2D eigenvalue weighted by Gasteiger charge is -2.09. The minimum absolute atomic E-state index is 0.122. The first-order valence-corrected chi connectivity index (χ1v) is 7.62. The van der Waals surface area contributed by atoms with E-state index in [0.717, 1.165) is 12.1 Å². The molecule has 0 saturated carbocycles. The van der Waals surface area contributed by atoms with E-state index in [1.807, 2.05) is 0 Å². The first-order valence-electron chi connectivity index (χ1n) is 6.13. The number of rotatable bonds is 4. The van der Waals surface area contributed by atoms with Crippen LogP contribution in [0.3, 0.4) is 0 Å². The predicted octanol–water partition coefficient (Wildman–Crippen LogP) is 2.13. The van der Waals surface area contributed by atoms with Gasteiger partial charge in [-0.25, -0.2) is 17.2 Å². The number of amides is 1. The van der Waals surface area contributed by atoms with Crippen LogP contribution in [0.15, 0.2) is 47.4 Å². The van der Waals surface area contributed by atoms with E-state index in [1.54, 1.807) is 0 Å². The number of carbonyl (C=O) groups is 1. The summed E-state index contributed by atoms with van der Waals surface area (Å²) in [4.78, 5) is 10.6. The Bertz CT molecular complexity index is 805. The summed E-state index contributed by atoms with van der Waals surface area (Å²) in [5.74, 6) is -2.25. The molecule has 116 valence electrons. The average molecular weight is 326 g/mol. The first-order chi connectivity index (χ1) is 10.3. The van der Waals surface area contributed by atoms with Crippen LogP contribution in [-0.4, -0.2) is 21.4 Å². The van der Waals surface area contributed by atoms with Gasteiger partial charge in [0, 0.05) is 18.3 Å². The highest BCUT2D eigenvalue weighted by Crippen LogP contribution is 2.20. The van der Waals surface area contributed by atoms with Crippen LogP contribution in [-0.2, 0) is 10.0 Å². The van der Waals surface area contributed by atoms with Gasteiger partial charge in [0.2, 0.25) is 0 Å². The molecule has 0 aliphatic rings. The van der Waals surface area contributed by atoms with Crippen LogP contribution < -0.4 is 10.0 Å². The topological polar surface area (TPSA) is 75.3 Å². The highest BCUT2D eigenvalue weighted by atomic mass is 32.2. The first kappa shape index (κ1) is 15.9. The number of hydrogen-bond acceptors (Lipinski definition) is 3. The molecule has 0 radical (unpaired) electrons. The van der Waals surface area contributed by atoms with E-state index in [4.69, 9.17) is 0 Å². The van der Waals surface area contributed by atoms with Gasteiger partial charge in [0.05, 0.1) is 0 Å². The maximum absolute atomic E-state index is 13.5. The third-order valence-electron chi connectivity index (χ3n) is 2.81. The fraction of sp³-hybridized carbons (Fsp3) is 0.0714. The van der Waals surface area contributed by atoms with Crippen LogP contribution in [0.5, 0.6) is 0 Å². The minimum atomic E-state index is -4.27. The molecule has 22 heavy (non-hydrogen) atoms. The summed E-state index contributed by atoms with van der Waals surface area (Å²) >= 11 is 0. The summed E-state index contributed by atoms with van der Waals surface area (Å²) in [5.41, 5.74) is 0.457. The van der Waals surface area contributed by atoms with Gasteiger partial charge in [-0.1, -0.05) is 0 Å². The second kappa shape index (κ2) is 6.10. The van der Waals surface area contributed by atoms with Gasteiger partial charge >= 0.3 is 0 Å². The number of carbonyl (C=O) groups excluding carboxylic acids is 1. The van der Waals surface area contributed by atoms with Gasteiger partial charge in [-0.05, 0) is 42.5 Å². The summed E-state index contributed by atoms with van der Waals surface area (Å²) in [6, 6.07) is 7.65. The summed E-state index contributed by atoms with van der Waals surface area (Å²) < 4.78 is 52.9. The van der Waals surface area contributed by atoms with Crippen molar-refractivity contribution in [3.05, 3.63) is 59.7 Å². The summed E-state index contributed by atoms with van der Waals surface area (Å²) in [6.07, 6.45) is 0. The van der Waals surface area contributed by atoms with E-state index >= 15 is 0 Å². The molecule has 0 unspecified atom stereocenters. The lowest BCUT2D eigenvalue weighted by molar-refractivity contribution is 0.0963. The lowest BCUT2D eigenvalue weighted by atomic mass is 10.2. The third kappa shape index (κ3) is 3.40. The van der Waals surface area contributed by atoms with E-state index in [9.17, 15) is 22.0 Å². The van der Waals surface area contributed by atoms with Crippen LogP contribution in [0, 0.1) is 11.6 Å². The Morgan fingerprint density at radius 1 is 1.05 bits per heavy atom. The van der Waals surface area contributed by atoms with Crippen LogP contribution in [0.1, 0.15) is 10.4 Å². The smallest absolute Gasteiger partial charge is 0.264 e. The molecule has 2 aromatic carbocycles. The van der Waals surface area contributed by atoms with Crippen molar-refractivity contribution in [3.8, 4) is 0 Å². The summed E-state index contributed by atoms with van der Waals surface area (Å²) in [5, 5.41) is 2.42. The zero-order valence-corrected chi connectivity index (χ0v) is 12.2. The highest BCUT2D eigenvalue weighted by molar-refractivity contribution is 7.92. The van der Waals surface area contributed by atoms with Gasteiger partial charge < -0.3 is 5.32 Å². The Labute approximate surface area is 126 Å². The number of benzene rings is 2. The molecule has 0 heterocycles. The fourth-order valence-electron chi connectivity index (χ4n) is 1.73. The maximum Gasteiger partial charge on any atom is 0.264 e. The molecular weight excluding hydrogens is 314 g/mol. The summed E-state index contributed by atoms with van der Waals surface area (Å²) in [6.45, 7) is 0. The Hall–Kier alpha value is -2.48. The van der Waals surface area contributed by atoms with Gasteiger partial charge in [0.1, 0.15) is 16.5 Å². The monoisotopic (exact) mass is 326 g/mol. The van der Waals surface area contributed by atoms with Crippen molar-refractivity contribution in [2.24, 2.45) is 0 Å². The van der Waals surface area contributed by atoms with E-state index < -0.39 is 26.6 Å². The van der Waals surface area contributed by atoms with Gasteiger partial charge in [-0.15, -0.1) is 0 Å². The largest absolute Gasteiger partial charge is 0.355 e. The number of anilines is 1. The van der Waals surface area contributed by atoms with Crippen LogP contribution in [0.4, 0.5) is 14.5 Å². The molecule has 0 atom stereocenters. The van der Waals surface area contributed by atoms with Crippen molar-refractivity contribution in [1.82, 2.24) is 5.32 Å². The molecular formula is C14H12F2N2O3S. The van der Waals surface area contributed by atoms with Crippen LogP contribution in [0.2, 0.25) is 0 Å². The SMILES string of the molecule is CNC(=O)c1ccc(NS(=O)(=O)c2cc(F)ccc2F)cc1. The molecule has 0 aliphatic carbocycles. The van der Waals surface area contributed by atoms with Crippen molar-refractivity contribution < 1.29 is 22.0 Å². The predicted molar refractivity (Wildman–Crippen MR) is 77.0 cm³/mol. The molecule has 5 nitrogen and oxygen atoms in total. The Kier molecular flexibility index (Phi) is 4.41. The number of sulfonamides is 1. The quantitative estimate of drug-likeness (QED) is 0.904. The van der Waals surface area contributed by atoms with Crippen molar-refractivity contribution >= 4 is 21.6 Å². The zero-order chi connectivity index (χ0) is 16.3. The highest BCUT2D eigenvalue weighted by Gasteiger charge is 2.20. The van der Waals surface area contributed by atoms with Crippen molar-refractivity contribution in [1.29, 1.82) is 0 Å². The van der Waals surface area contributed by atoms with Crippen LogP contribution >= 0.6 is 0 Å². The Morgan fingerprint density at radius 2 is 1.68 bits per heavy atom. The van der Waals surface area contributed by atoms with Crippen molar-refractivity contribution in [2.75, 3.05) is 11.8 Å². The van der Waals surface area contributed by atoms with Gasteiger partial charge in [0.25, 0.3) is 15.9 Å². The standard InChI is InChI=1S/C14H12F2N2O3S/c1-17-14(19)9-2-5-11(6-3-9)18-22(20,21)13-8-10(15)4-7-12(13)16/h2-8,18H,1H3,(H,17,19). The van der Waals surface area contributed by atoms with E-state index in [-0.39, 0.29) is 11.6 Å². The third-order valence-corrected chi connectivity index (χ3v) is 4.21. The lowest BCUT2D eigenvalue weighted by Crippen LogP contribution is -2.18. The maximum atomic E-state index is 13.5. The molecule has 0 aromatic heterocycles. The number of nitrogens with one attached hydrogen (secondary N) is 2. The van der Waals surface area contributed by atoms with Crippen molar-refractivity contribution in [3.63, 3.8) is 0 Å². The fourth-order valence-corrected chi connectivity index (χ4v) is 2.88.